The summed E-state index contributed by atoms with van der Waals surface area (Å²) in [6.07, 6.45) is 3.33. The van der Waals surface area contributed by atoms with Crippen LogP contribution >= 0.6 is 11.6 Å². The number of rotatable bonds is 6. The molecule has 3 aromatic rings. The van der Waals surface area contributed by atoms with Crippen molar-refractivity contribution in [2.45, 2.75) is 69.9 Å². The second-order valence-electron chi connectivity index (χ2n) is 8.37. The summed E-state index contributed by atoms with van der Waals surface area (Å²) in [6.45, 7) is 2.17. The Kier molecular flexibility index (Phi) is 5.90. The number of ether oxygens (including phenoxy) is 3. The van der Waals surface area contributed by atoms with E-state index in [4.69, 9.17) is 31.5 Å². The summed E-state index contributed by atoms with van der Waals surface area (Å²) in [5.74, 6) is 0.232. The first-order chi connectivity index (χ1) is 15.5. The van der Waals surface area contributed by atoms with Gasteiger partial charge in [0.2, 0.25) is 0 Å². The van der Waals surface area contributed by atoms with E-state index in [-0.39, 0.29) is 24.0 Å². The summed E-state index contributed by atoms with van der Waals surface area (Å²) in [6, 6.07) is 7.64. The molecule has 5 rings (SSSR count). The number of nitrogens with two attached hydrogens (primary N) is 1. The fraction of sp³-hybridized carbons (Fsp3) is 0.500. The fourth-order valence-electron chi connectivity index (χ4n) is 4.41. The molecule has 1 aromatic carbocycles. The van der Waals surface area contributed by atoms with Gasteiger partial charge in [0.1, 0.15) is 18.3 Å². The van der Waals surface area contributed by atoms with Gasteiger partial charge in [0.15, 0.2) is 23.2 Å². The van der Waals surface area contributed by atoms with Gasteiger partial charge in [-0.1, -0.05) is 23.7 Å². The molecule has 1 aliphatic carbocycles. The third-order valence-electron chi connectivity index (χ3n) is 6.05. The number of nitrogen functional groups attached to an aromatic ring is 1. The van der Waals surface area contributed by atoms with Crippen LogP contribution in [-0.4, -0.2) is 49.0 Å². The van der Waals surface area contributed by atoms with Crippen LogP contribution in [0.4, 0.5) is 5.82 Å². The molecule has 0 radical (unpaired) electrons. The molecule has 0 spiro atoms. The lowest BCUT2D eigenvalue weighted by atomic mass is 10.1. The highest BCUT2D eigenvalue weighted by Crippen LogP contribution is 2.34. The molecule has 2 fully saturated rings. The molecule has 3 heterocycles. The van der Waals surface area contributed by atoms with E-state index in [0.717, 1.165) is 31.2 Å². The summed E-state index contributed by atoms with van der Waals surface area (Å²) in [5.41, 5.74) is 7.93. The summed E-state index contributed by atoms with van der Waals surface area (Å²) >= 11 is 6.05. The Morgan fingerprint density at radius 3 is 2.88 bits per heavy atom. The monoisotopic (exact) mass is 459 g/mol. The Bertz CT molecular complexity index is 1100. The minimum Gasteiger partial charge on any atom is -0.460 e. The molecule has 3 N–H and O–H groups in total. The standard InChI is InChI=1S/C22H26ClN5O4/c1-12-18(30-10-13-5-4-6-14(23)9-13)17(29)21(31-12)28-11-25-16-19(24)26-22(27-20(16)28)32-15-7-2-3-8-15/h4-6,9,11-12,15,17-18,21,29H,2-3,7-8,10H2,1H3,(H2,24,26,27)/t12?,17-,18-,21?/m1/s1. The molecule has 9 nitrogen and oxygen atoms in total. The number of imidazole rings is 1. The first-order valence-corrected chi connectivity index (χ1v) is 11.2. The molecule has 2 aliphatic rings. The van der Waals surface area contributed by atoms with Crippen LogP contribution in [0.2, 0.25) is 5.02 Å². The molecule has 0 amide bonds. The third kappa shape index (κ3) is 4.13. The van der Waals surface area contributed by atoms with E-state index in [2.05, 4.69) is 15.0 Å². The molecule has 4 atom stereocenters. The van der Waals surface area contributed by atoms with Crippen LogP contribution in [0.3, 0.4) is 0 Å². The summed E-state index contributed by atoms with van der Waals surface area (Å²) < 4.78 is 19.6. The number of halogens is 1. The van der Waals surface area contributed by atoms with Crippen molar-refractivity contribution in [1.82, 2.24) is 19.5 Å². The van der Waals surface area contributed by atoms with Gasteiger partial charge in [-0.2, -0.15) is 9.97 Å². The van der Waals surface area contributed by atoms with Gasteiger partial charge in [-0.3, -0.25) is 4.57 Å². The second-order valence-corrected chi connectivity index (χ2v) is 8.80. The van der Waals surface area contributed by atoms with Gasteiger partial charge in [0, 0.05) is 5.02 Å². The van der Waals surface area contributed by atoms with Crippen molar-refractivity contribution in [2.75, 3.05) is 5.73 Å². The number of anilines is 1. The molecule has 1 saturated carbocycles. The Balaban J connectivity index is 1.36. The predicted octanol–water partition coefficient (Wildman–Crippen LogP) is 3.25. The van der Waals surface area contributed by atoms with Gasteiger partial charge in [-0.05, 0) is 50.3 Å². The van der Waals surface area contributed by atoms with Crippen LogP contribution in [0.1, 0.15) is 44.4 Å². The minimum atomic E-state index is -0.933. The largest absolute Gasteiger partial charge is 0.460 e. The van der Waals surface area contributed by atoms with Crippen molar-refractivity contribution in [1.29, 1.82) is 0 Å². The number of hydrogen-bond acceptors (Lipinski definition) is 8. The van der Waals surface area contributed by atoms with E-state index in [1.807, 2.05) is 25.1 Å². The maximum Gasteiger partial charge on any atom is 0.320 e. The second kappa shape index (κ2) is 8.82. The van der Waals surface area contributed by atoms with E-state index in [1.165, 1.54) is 0 Å². The summed E-state index contributed by atoms with van der Waals surface area (Å²) in [7, 11) is 0. The molecule has 170 valence electrons. The third-order valence-corrected chi connectivity index (χ3v) is 6.29. The van der Waals surface area contributed by atoms with Crippen LogP contribution in [0.5, 0.6) is 6.01 Å². The molecule has 2 aromatic heterocycles. The first kappa shape index (κ1) is 21.4. The lowest BCUT2D eigenvalue weighted by molar-refractivity contribution is -0.0425. The number of benzene rings is 1. The zero-order valence-corrected chi connectivity index (χ0v) is 18.5. The van der Waals surface area contributed by atoms with Gasteiger partial charge in [-0.15, -0.1) is 0 Å². The van der Waals surface area contributed by atoms with Crippen molar-refractivity contribution in [3.8, 4) is 6.01 Å². The SMILES string of the molecule is CC1OC(n2cnc3c(N)nc(OC4CCCC4)nc32)[C@H](O)[C@@H]1OCc1cccc(Cl)c1. The van der Waals surface area contributed by atoms with E-state index >= 15 is 0 Å². The number of aromatic nitrogens is 4. The van der Waals surface area contributed by atoms with Gasteiger partial charge in [0.05, 0.1) is 19.0 Å². The molecule has 0 bridgehead atoms. The van der Waals surface area contributed by atoms with Crippen LogP contribution in [0.15, 0.2) is 30.6 Å². The predicted molar refractivity (Wildman–Crippen MR) is 118 cm³/mol. The molecule has 1 aliphatic heterocycles. The number of aliphatic hydroxyl groups excluding tert-OH is 1. The normalized spacial score (nSPS) is 26.2. The number of nitrogens with zero attached hydrogens (tertiary/aromatic N) is 4. The van der Waals surface area contributed by atoms with Crippen molar-refractivity contribution in [3.05, 3.63) is 41.2 Å². The van der Waals surface area contributed by atoms with E-state index in [1.54, 1.807) is 17.0 Å². The molecule has 32 heavy (non-hydrogen) atoms. The van der Waals surface area contributed by atoms with Crippen LogP contribution in [0.25, 0.3) is 11.2 Å². The van der Waals surface area contributed by atoms with Crippen LogP contribution < -0.4 is 10.5 Å². The molecule has 1 saturated heterocycles. The van der Waals surface area contributed by atoms with Gasteiger partial charge < -0.3 is 25.1 Å². The van der Waals surface area contributed by atoms with Crippen LogP contribution in [-0.2, 0) is 16.1 Å². The smallest absolute Gasteiger partial charge is 0.320 e. The minimum absolute atomic E-state index is 0.0980. The Labute approximate surface area is 190 Å². The zero-order chi connectivity index (χ0) is 22.2. The summed E-state index contributed by atoms with van der Waals surface area (Å²) in [4.78, 5) is 13.1. The molecule has 2 unspecified atom stereocenters. The van der Waals surface area contributed by atoms with E-state index in [0.29, 0.717) is 22.8 Å². The number of fused-ring (bicyclic) bond motifs is 1. The number of aliphatic hydroxyl groups is 1. The molecular formula is C22H26ClN5O4. The first-order valence-electron chi connectivity index (χ1n) is 10.9. The number of hydrogen-bond donors (Lipinski definition) is 2. The maximum atomic E-state index is 11.0. The summed E-state index contributed by atoms with van der Waals surface area (Å²) in [5, 5.41) is 11.7. The quantitative estimate of drug-likeness (QED) is 0.576. The molecular weight excluding hydrogens is 434 g/mol. The zero-order valence-electron chi connectivity index (χ0n) is 17.7. The fourth-order valence-corrected chi connectivity index (χ4v) is 4.63. The lowest BCUT2D eigenvalue weighted by Gasteiger charge is -2.20. The van der Waals surface area contributed by atoms with Gasteiger partial charge in [-0.25, -0.2) is 4.98 Å². The molecule has 10 heteroatoms. The van der Waals surface area contributed by atoms with Crippen molar-refractivity contribution < 1.29 is 19.3 Å². The van der Waals surface area contributed by atoms with E-state index < -0.39 is 18.4 Å². The van der Waals surface area contributed by atoms with Gasteiger partial charge in [0.25, 0.3) is 0 Å². The lowest BCUT2D eigenvalue weighted by Crippen LogP contribution is -2.33. The maximum absolute atomic E-state index is 11.0. The topological polar surface area (TPSA) is 118 Å². The Morgan fingerprint density at radius 1 is 1.28 bits per heavy atom. The highest BCUT2D eigenvalue weighted by Gasteiger charge is 2.44. The van der Waals surface area contributed by atoms with Crippen molar-refractivity contribution in [3.63, 3.8) is 0 Å². The van der Waals surface area contributed by atoms with Crippen molar-refractivity contribution >= 4 is 28.6 Å². The van der Waals surface area contributed by atoms with Crippen LogP contribution in [0, 0.1) is 0 Å². The highest BCUT2D eigenvalue weighted by atomic mass is 35.5. The average Bonchev–Trinajstić information content (AvgIpc) is 3.47. The Morgan fingerprint density at radius 2 is 2.09 bits per heavy atom. The van der Waals surface area contributed by atoms with E-state index in [9.17, 15) is 5.11 Å². The Hall–Kier alpha value is -2.46. The van der Waals surface area contributed by atoms with Crippen molar-refractivity contribution in [2.24, 2.45) is 0 Å². The highest BCUT2D eigenvalue weighted by molar-refractivity contribution is 6.30. The average molecular weight is 460 g/mol. The van der Waals surface area contributed by atoms with Gasteiger partial charge >= 0.3 is 6.01 Å².